The van der Waals surface area contributed by atoms with Crippen LogP contribution in [-0.4, -0.2) is 42.9 Å². The molecule has 1 fully saturated rings. The third kappa shape index (κ3) is 6.97. The van der Waals surface area contributed by atoms with Crippen molar-refractivity contribution in [2.45, 2.75) is 19.1 Å². The molecular weight excluding hydrogens is 431 g/mol. The fraction of sp³-hybridized carbons (Fsp3) is 0.364. The van der Waals surface area contributed by atoms with E-state index >= 15 is 0 Å². The van der Waals surface area contributed by atoms with E-state index in [0.717, 1.165) is 44.3 Å². The maximum Gasteiger partial charge on any atom is 0.416 e. The van der Waals surface area contributed by atoms with Crippen molar-refractivity contribution in [2.75, 3.05) is 26.2 Å². The predicted octanol–water partition coefficient (Wildman–Crippen LogP) is 3.73. The fourth-order valence-electron chi connectivity index (χ4n) is 3.49. The van der Waals surface area contributed by atoms with Crippen molar-refractivity contribution in [1.29, 1.82) is 0 Å². The minimum absolute atomic E-state index is 0.142. The van der Waals surface area contributed by atoms with Crippen molar-refractivity contribution in [3.63, 3.8) is 0 Å². The highest BCUT2D eigenvalue weighted by molar-refractivity contribution is 6.30. The van der Waals surface area contributed by atoms with Gasteiger partial charge >= 0.3 is 6.18 Å². The summed E-state index contributed by atoms with van der Waals surface area (Å²) >= 11 is 5.90. The van der Waals surface area contributed by atoms with Gasteiger partial charge < -0.3 is 10.6 Å². The Morgan fingerprint density at radius 3 is 2.55 bits per heavy atom. The van der Waals surface area contributed by atoms with Crippen LogP contribution in [0, 0.1) is 5.92 Å². The van der Waals surface area contributed by atoms with Crippen LogP contribution in [0.25, 0.3) is 0 Å². The summed E-state index contributed by atoms with van der Waals surface area (Å²) in [5.41, 5.74) is 0.122. The molecule has 31 heavy (non-hydrogen) atoms. The quantitative estimate of drug-likeness (QED) is 0.671. The molecule has 1 aliphatic heterocycles. The van der Waals surface area contributed by atoms with Gasteiger partial charge in [-0.2, -0.15) is 13.2 Å². The van der Waals surface area contributed by atoms with Crippen molar-refractivity contribution in [1.82, 2.24) is 15.5 Å². The number of halogens is 4. The minimum Gasteiger partial charge on any atom is -0.354 e. The lowest BCUT2D eigenvalue weighted by Gasteiger charge is -2.16. The number of benzene rings is 2. The first-order valence-corrected chi connectivity index (χ1v) is 10.3. The van der Waals surface area contributed by atoms with Crippen molar-refractivity contribution in [3.05, 3.63) is 70.2 Å². The predicted molar refractivity (Wildman–Crippen MR) is 112 cm³/mol. The largest absolute Gasteiger partial charge is 0.416 e. The molecule has 0 radical (unpaired) electrons. The van der Waals surface area contributed by atoms with Gasteiger partial charge in [0.1, 0.15) is 0 Å². The van der Waals surface area contributed by atoms with Gasteiger partial charge in [0.05, 0.1) is 12.1 Å². The van der Waals surface area contributed by atoms with Crippen LogP contribution in [0.4, 0.5) is 13.2 Å². The van der Waals surface area contributed by atoms with Crippen LogP contribution < -0.4 is 10.6 Å². The Bertz CT molecular complexity index is 919. The van der Waals surface area contributed by atoms with Gasteiger partial charge in [-0.25, -0.2) is 0 Å². The standard InChI is InChI=1S/C22H23ClF3N3O2/c23-19-6-4-15(5-7-19)13-29-9-8-16(14-29)11-27-20(30)12-28-21(31)17-2-1-3-18(10-17)22(24,25)26/h1-7,10,16H,8-9,11-14H2,(H,27,30)(H,28,31). The van der Waals surface area contributed by atoms with Gasteiger partial charge in [-0.1, -0.05) is 29.8 Å². The number of carbonyl (C=O) groups excluding carboxylic acids is 2. The number of amides is 2. The summed E-state index contributed by atoms with van der Waals surface area (Å²) in [5.74, 6) is -0.803. The van der Waals surface area contributed by atoms with Crippen molar-refractivity contribution < 1.29 is 22.8 Å². The Hall–Kier alpha value is -2.58. The molecule has 1 atom stereocenters. The second-order valence-electron chi connectivity index (χ2n) is 7.58. The zero-order chi connectivity index (χ0) is 22.4. The Labute approximate surface area is 183 Å². The molecule has 5 nitrogen and oxygen atoms in total. The fourth-order valence-corrected chi connectivity index (χ4v) is 3.62. The zero-order valence-electron chi connectivity index (χ0n) is 16.7. The maximum absolute atomic E-state index is 12.8. The van der Waals surface area contributed by atoms with Crippen LogP contribution in [0.3, 0.4) is 0 Å². The Morgan fingerprint density at radius 2 is 1.84 bits per heavy atom. The van der Waals surface area contributed by atoms with E-state index < -0.39 is 17.6 Å². The number of hydrogen-bond acceptors (Lipinski definition) is 3. The highest BCUT2D eigenvalue weighted by Gasteiger charge is 2.31. The molecule has 2 aromatic carbocycles. The summed E-state index contributed by atoms with van der Waals surface area (Å²) in [4.78, 5) is 26.4. The van der Waals surface area contributed by atoms with Crippen LogP contribution in [0.1, 0.15) is 27.9 Å². The smallest absolute Gasteiger partial charge is 0.354 e. The molecule has 0 bridgehead atoms. The third-order valence-corrected chi connectivity index (χ3v) is 5.39. The molecule has 3 rings (SSSR count). The second-order valence-corrected chi connectivity index (χ2v) is 8.02. The highest BCUT2D eigenvalue weighted by Crippen LogP contribution is 2.29. The average molecular weight is 454 g/mol. The summed E-state index contributed by atoms with van der Waals surface area (Å²) < 4.78 is 38.3. The van der Waals surface area contributed by atoms with E-state index in [2.05, 4.69) is 15.5 Å². The number of likely N-dealkylation sites (tertiary alicyclic amines) is 1. The van der Waals surface area contributed by atoms with Crippen LogP contribution in [-0.2, 0) is 17.5 Å². The van der Waals surface area contributed by atoms with Gasteiger partial charge in [0.2, 0.25) is 5.91 Å². The first kappa shape index (κ1) is 23.1. The molecule has 0 saturated carbocycles. The summed E-state index contributed by atoms with van der Waals surface area (Å²) in [5, 5.41) is 5.84. The van der Waals surface area contributed by atoms with Crippen molar-refractivity contribution in [2.24, 2.45) is 5.92 Å². The Morgan fingerprint density at radius 1 is 1.10 bits per heavy atom. The number of hydrogen-bond donors (Lipinski definition) is 2. The first-order chi connectivity index (χ1) is 14.7. The van der Waals surface area contributed by atoms with Crippen LogP contribution in [0.5, 0.6) is 0 Å². The summed E-state index contributed by atoms with van der Waals surface area (Å²) in [7, 11) is 0. The molecule has 0 aromatic heterocycles. The molecule has 1 aliphatic rings. The molecule has 1 heterocycles. The molecule has 2 amide bonds. The number of nitrogens with zero attached hydrogens (tertiary/aromatic N) is 1. The normalized spacial score (nSPS) is 16.8. The lowest BCUT2D eigenvalue weighted by atomic mass is 10.1. The number of rotatable bonds is 7. The topological polar surface area (TPSA) is 61.4 Å². The molecule has 0 aliphatic carbocycles. The van der Waals surface area contributed by atoms with Crippen molar-refractivity contribution >= 4 is 23.4 Å². The minimum atomic E-state index is -4.53. The number of carbonyl (C=O) groups is 2. The lowest BCUT2D eigenvalue weighted by Crippen LogP contribution is -2.39. The first-order valence-electron chi connectivity index (χ1n) is 9.89. The molecule has 0 spiro atoms. The SMILES string of the molecule is O=C(CNC(=O)c1cccc(C(F)(F)F)c1)NCC1CCN(Cc2ccc(Cl)cc2)C1. The number of nitrogens with one attached hydrogen (secondary N) is 2. The molecule has 166 valence electrons. The van der Waals surface area contributed by atoms with Crippen LogP contribution in [0.2, 0.25) is 5.02 Å². The Kier molecular flexibility index (Phi) is 7.56. The summed E-state index contributed by atoms with van der Waals surface area (Å²) in [6.45, 7) is 2.77. The molecule has 2 aromatic rings. The lowest BCUT2D eigenvalue weighted by molar-refractivity contribution is -0.137. The van der Waals surface area contributed by atoms with Gasteiger partial charge in [0.15, 0.2) is 0 Å². The van der Waals surface area contributed by atoms with Gasteiger partial charge in [-0.15, -0.1) is 0 Å². The van der Waals surface area contributed by atoms with E-state index in [9.17, 15) is 22.8 Å². The van der Waals surface area contributed by atoms with E-state index in [4.69, 9.17) is 11.6 Å². The molecule has 2 N–H and O–H groups in total. The van der Waals surface area contributed by atoms with Gasteiger partial charge in [-0.05, 0) is 54.8 Å². The van der Waals surface area contributed by atoms with E-state index in [-0.39, 0.29) is 18.0 Å². The van der Waals surface area contributed by atoms with E-state index in [1.54, 1.807) is 0 Å². The summed E-state index contributed by atoms with van der Waals surface area (Å²) in [6, 6.07) is 11.8. The van der Waals surface area contributed by atoms with Gasteiger partial charge in [-0.3, -0.25) is 14.5 Å². The summed E-state index contributed by atoms with van der Waals surface area (Å²) in [6.07, 6.45) is -3.58. The average Bonchev–Trinajstić information content (AvgIpc) is 3.19. The molecule has 1 unspecified atom stereocenters. The maximum atomic E-state index is 12.8. The van der Waals surface area contributed by atoms with Crippen LogP contribution >= 0.6 is 11.6 Å². The van der Waals surface area contributed by atoms with E-state index in [1.165, 1.54) is 11.6 Å². The molecule has 9 heteroatoms. The monoisotopic (exact) mass is 453 g/mol. The van der Waals surface area contributed by atoms with Gasteiger partial charge in [0.25, 0.3) is 5.91 Å². The van der Waals surface area contributed by atoms with Crippen LogP contribution in [0.15, 0.2) is 48.5 Å². The zero-order valence-corrected chi connectivity index (χ0v) is 17.5. The van der Waals surface area contributed by atoms with E-state index in [0.29, 0.717) is 17.5 Å². The third-order valence-electron chi connectivity index (χ3n) is 5.14. The number of alkyl halides is 3. The highest BCUT2D eigenvalue weighted by atomic mass is 35.5. The van der Waals surface area contributed by atoms with E-state index in [1.807, 2.05) is 24.3 Å². The second kappa shape index (κ2) is 10.2. The van der Waals surface area contributed by atoms with Gasteiger partial charge in [0, 0.05) is 30.2 Å². The Balaban J connectivity index is 1.39. The molecule has 1 saturated heterocycles. The van der Waals surface area contributed by atoms with Crippen molar-refractivity contribution in [3.8, 4) is 0 Å². The molecular formula is C22H23ClF3N3O2.